The van der Waals surface area contributed by atoms with Crippen LogP contribution in [0.2, 0.25) is 0 Å². The van der Waals surface area contributed by atoms with Crippen molar-refractivity contribution in [2.24, 2.45) is 5.73 Å². The molecule has 5 nitrogen and oxygen atoms in total. The average Bonchev–Trinajstić information content (AvgIpc) is 2.29. The maximum atomic E-state index is 11.1. The number of nitrogen functional groups attached to an aromatic ring is 1. The topological polar surface area (TPSA) is 81.6 Å². The van der Waals surface area contributed by atoms with Gasteiger partial charge in [0.25, 0.3) is 0 Å². The summed E-state index contributed by atoms with van der Waals surface area (Å²) < 4.78 is 5.29. The first kappa shape index (κ1) is 11.9. The Hall–Kier alpha value is -1.59. The number of hydrogen-bond acceptors (Lipinski definition) is 4. The number of ether oxygens (including phenoxy) is 1. The highest BCUT2D eigenvalue weighted by molar-refractivity contribution is 5.79. The molecule has 1 aromatic carbocycles. The van der Waals surface area contributed by atoms with Gasteiger partial charge < -0.3 is 16.2 Å². The van der Waals surface area contributed by atoms with E-state index in [1.807, 2.05) is 24.3 Å². The second-order valence-electron chi connectivity index (χ2n) is 4.24. The maximum Gasteiger partial charge on any atom is 0.247 e. The van der Waals surface area contributed by atoms with Crippen molar-refractivity contribution in [3.63, 3.8) is 0 Å². The monoisotopic (exact) mass is 235 g/mol. The van der Waals surface area contributed by atoms with E-state index in [2.05, 4.69) is 4.90 Å². The van der Waals surface area contributed by atoms with Gasteiger partial charge in [-0.3, -0.25) is 9.69 Å². The molecule has 1 amide bonds. The van der Waals surface area contributed by atoms with Gasteiger partial charge in [0, 0.05) is 25.3 Å². The third-order valence-corrected chi connectivity index (χ3v) is 2.83. The fraction of sp³-hybridized carbons (Fsp3) is 0.417. The number of nitrogens with two attached hydrogens (primary N) is 2. The van der Waals surface area contributed by atoms with Crippen LogP contribution in [0.5, 0.6) is 0 Å². The van der Waals surface area contributed by atoms with Gasteiger partial charge >= 0.3 is 0 Å². The van der Waals surface area contributed by atoms with Crippen molar-refractivity contribution in [3.8, 4) is 0 Å². The highest BCUT2D eigenvalue weighted by Gasteiger charge is 2.24. The van der Waals surface area contributed by atoms with E-state index in [1.54, 1.807) is 0 Å². The molecule has 0 spiro atoms. The standard InChI is InChI=1S/C12H17N3O2/c13-10-3-1-2-9(6-10)7-15-4-5-17-11(8-15)12(14)16/h1-3,6,11H,4-5,7-8,13H2,(H2,14,16). The van der Waals surface area contributed by atoms with Gasteiger partial charge in [-0.25, -0.2) is 0 Å². The van der Waals surface area contributed by atoms with E-state index in [-0.39, 0.29) is 0 Å². The molecule has 17 heavy (non-hydrogen) atoms. The van der Waals surface area contributed by atoms with Crippen molar-refractivity contribution in [1.29, 1.82) is 0 Å². The van der Waals surface area contributed by atoms with Crippen molar-refractivity contribution < 1.29 is 9.53 Å². The highest BCUT2D eigenvalue weighted by atomic mass is 16.5. The zero-order valence-electron chi connectivity index (χ0n) is 9.63. The SMILES string of the molecule is NC(=O)C1CN(Cc2cccc(N)c2)CCO1. The molecule has 1 atom stereocenters. The van der Waals surface area contributed by atoms with Gasteiger partial charge in [0.1, 0.15) is 6.10 Å². The van der Waals surface area contributed by atoms with Crippen molar-refractivity contribution in [1.82, 2.24) is 4.90 Å². The van der Waals surface area contributed by atoms with Crippen LogP contribution < -0.4 is 11.5 Å². The lowest BCUT2D eigenvalue weighted by Crippen LogP contribution is -2.47. The molecule has 1 saturated heterocycles. The van der Waals surface area contributed by atoms with E-state index < -0.39 is 12.0 Å². The van der Waals surface area contributed by atoms with Gasteiger partial charge in [0.15, 0.2) is 0 Å². The third-order valence-electron chi connectivity index (χ3n) is 2.83. The van der Waals surface area contributed by atoms with Gasteiger partial charge in [-0.05, 0) is 17.7 Å². The van der Waals surface area contributed by atoms with Crippen LogP contribution in [0.1, 0.15) is 5.56 Å². The Morgan fingerprint density at radius 2 is 2.35 bits per heavy atom. The number of morpholine rings is 1. The molecule has 92 valence electrons. The quantitative estimate of drug-likeness (QED) is 0.720. The number of carbonyl (C=O) groups is 1. The fourth-order valence-electron chi connectivity index (χ4n) is 1.97. The van der Waals surface area contributed by atoms with Crippen LogP contribution in [0.3, 0.4) is 0 Å². The van der Waals surface area contributed by atoms with Crippen molar-refractivity contribution in [3.05, 3.63) is 29.8 Å². The van der Waals surface area contributed by atoms with Gasteiger partial charge in [-0.2, -0.15) is 0 Å². The van der Waals surface area contributed by atoms with Gasteiger partial charge in [0.05, 0.1) is 6.61 Å². The van der Waals surface area contributed by atoms with Gasteiger partial charge in [0.2, 0.25) is 5.91 Å². The molecule has 1 heterocycles. The van der Waals surface area contributed by atoms with Crippen LogP contribution in [0.25, 0.3) is 0 Å². The number of benzene rings is 1. The van der Waals surface area contributed by atoms with E-state index in [0.29, 0.717) is 13.2 Å². The summed E-state index contributed by atoms with van der Waals surface area (Å²) in [4.78, 5) is 13.2. The number of hydrogen-bond donors (Lipinski definition) is 2. The minimum atomic E-state index is -0.496. The smallest absolute Gasteiger partial charge is 0.247 e. The first-order valence-electron chi connectivity index (χ1n) is 5.63. The molecule has 0 aromatic heterocycles. The summed E-state index contributed by atoms with van der Waals surface area (Å²) in [6, 6.07) is 7.74. The number of primary amides is 1. The van der Waals surface area contributed by atoms with Crippen LogP contribution >= 0.6 is 0 Å². The highest BCUT2D eigenvalue weighted by Crippen LogP contribution is 2.12. The predicted octanol–water partition coefficient (Wildman–Crippen LogP) is -0.0451. The summed E-state index contributed by atoms with van der Waals surface area (Å²) >= 11 is 0. The lowest BCUT2D eigenvalue weighted by atomic mass is 10.1. The Morgan fingerprint density at radius 3 is 3.06 bits per heavy atom. The maximum absolute atomic E-state index is 11.1. The molecule has 0 saturated carbocycles. The molecule has 2 rings (SSSR count). The molecule has 1 aliphatic rings. The lowest BCUT2D eigenvalue weighted by Gasteiger charge is -2.31. The second-order valence-corrected chi connectivity index (χ2v) is 4.24. The molecule has 4 N–H and O–H groups in total. The Morgan fingerprint density at radius 1 is 1.53 bits per heavy atom. The Balaban J connectivity index is 1.97. The minimum absolute atomic E-state index is 0.401. The molecule has 5 heteroatoms. The van der Waals surface area contributed by atoms with E-state index in [0.717, 1.165) is 24.3 Å². The predicted molar refractivity (Wildman–Crippen MR) is 65.1 cm³/mol. The van der Waals surface area contributed by atoms with Crippen molar-refractivity contribution in [2.45, 2.75) is 12.6 Å². The second kappa shape index (κ2) is 5.16. The van der Waals surface area contributed by atoms with E-state index in [1.165, 1.54) is 0 Å². The average molecular weight is 235 g/mol. The summed E-state index contributed by atoms with van der Waals surface area (Å²) in [5.74, 6) is -0.401. The van der Waals surface area contributed by atoms with Crippen LogP contribution in [0.4, 0.5) is 5.69 Å². The minimum Gasteiger partial charge on any atom is -0.399 e. The molecule has 1 fully saturated rings. The largest absolute Gasteiger partial charge is 0.399 e. The summed E-state index contributed by atoms with van der Waals surface area (Å²) in [5.41, 5.74) is 12.8. The van der Waals surface area contributed by atoms with Crippen molar-refractivity contribution in [2.75, 3.05) is 25.4 Å². The normalized spacial score (nSPS) is 21.3. The van der Waals surface area contributed by atoms with Crippen LogP contribution in [0, 0.1) is 0 Å². The van der Waals surface area contributed by atoms with E-state index in [4.69, 9.17) is 16.2 Å². The zero-order valence-corrected chi connectivity index (χ0v) is 9.63. The van der Waals surface area contributed by atoms with Crippen LogP contribution in [-0.4, -0.2) is 36.6 Å². The molecule has 1 unspecified atom stereocenters. The molecule has 1 aliphatic heterocycles. The number of anilines is 1. The number of carbonyl (C=O) groups excluding carboxylic acids is 1. The molecular formula is C12H17N3O2. The summed E-state index contributed by atoms with van der Waals surface area (Å²) in [7, 11) is 0. The number of amides is 1. The van der Waals surface area contributed by atoms with Crippen LogP contribution in [-0.2, 0) is 16.1 Å². The third kappa shape index (κ3) is 3.18. The van der Waals surface area contributed by atoms with Crippen molar-refractivity contribution >= 4 is 11.6 Å². The van der Waals surface area contributed by atoms with Crippen LogP contribution in [0.15, 0.2) is 24.3 Å². The fourth-order valence-corrected chi connectivity index (χ4v) is 1.97. The van der Waals surface area contributed by atoms with Gasteiger partial charge in [-0.15, -0.1) is 0 Å². The Kier molecular flexibility index (Phi) is 3.61. The lowest BCUT2D eigenvalue weighted by molar-refractivity contribution is -0.135. The van der Waals surface area contributed by atoms with Gasteiger partial charge in [-0.1, -0.05) is 12.1 Å². The first-order chi connectivity index (χ1) is 8.15. The number of nitrogens with zero attached hydrogens (tertiary/aromatic N) is 1. The molecular weight excluding hydrogens is 218 g/mol. The number of rotatable bonds is 3. The Labute approximate surface area is 100 Å². The molecule has 1 aromatic rings. The molecule has 0 radical (unpaired) electrons. The molecule has 0 bridgehead atoms. The summed E-state index contributed by atoms with van der Waals surface area (Å²) in [6.45, 7) is 2.65. The zero-order chi connectivity index (χ0) is 12.3. The summed E-state index contributed by atoms with van der Waals surface area (Å²) in [6.07, 6.45) is -0.496. The van der Waals surface area contributed by atoms with E-state index in [9.17, 15) is 4.79 Å². The summed E-state index contributed by atoms with van der Waals surface area (Å²) in [5, 5.41) is 0. The molecule has 0 aliphatic carbocycles. The van der Waals surface area contributed by atoms with E-state index >= 15 is 0 Å². The first-order valence-corrected chi connectivity index (χ1v) is 5.63. The Bertz CT molecular complexity index is 408.